The van der Waals surface area contributed by atoms with Gasteiger partial charge in [0.15, 0.2) is 0 Å². The van der Waals surface area contributed by atoms with Crippen LogP contribution in [0.5, 0.6) is 0 Å². The minimum absolute atomic E-state index is 0.0207. The summed E-state index contributed by atoms with van der Waals surface area (Å²) in [4.78, 5) is 21.6. The van der Waals surface area contributed by atoms with Crippen molar-refractivity contribution in [3.05, 3.63) is 39.7 Å². The fraction of sp³-hybridized carbons (Fsp3) is 0.462. The molecule has 7 heteroatoms. The summed E-state index contributed by atoms with van der Waals surface area (Å²) in [6.45, 7) is 3.61. The lowest BCUT2D eigenvalue weighted by Crippen LogP contribution is -2.42. The third-order valence-corrected chi connectivity index (χ3v) is 3.30. The van der Waals surface area contributed by atoms with E-state index >= 15 is 0 Å². The summed E-state index contributed by atoms with van der Waals surface area (Å²) >= 11 is 0. The number of nitrogens with zero attached hydrogens (tertiary/aromatic N) is 1. The van der Waals surface area contributed by atoms with Crippen molar-refractivity contribution >= 4 is 11.6 Å². The van der Waals surface area contributed by atoms with Crippen LogP contribution in [0, 0.1) is 15.9 Å². The lowest BCUT2D eigenvalue weighted by atomic mass is 9.97. The zero-order valence-corrected chi connectivity index (χ0v) is 11.4. The second-order valence-electron chi connectivity index (χ2n) is 4.54. The molecule has 1 rings (SSSR count). The first-order valence-corrected chi connectivity index (χ1v) is 6.27. The molecule has 6 nitrogen and oxygen atoms in total. The molecule has 0 radical (unpaired) electrons. The van der Waals surface area contributed by atoms with Crippen LogP contribution in [0.25, 0.3) is 0 Å². The molecule has 0 saturated heterocycles. The Morgan fingerprint density at radius 3 is 2.55 bits per heavy atom. The van der Waals surface area contributed by atoms with Crippen LogP contribution in [0.15, 0.2) is 18.2 Å². The standard InChI is InChI=1S/C13H17FN2O4/c1-3-13(18,4-2)8-15-12(17)9-5-6-10(14)11(7-9)16(19)20/h5-7,18H,3-4,8H2,1-2H3,(H,15,17). The van der Waals surface area contributed by atoms with E-state index in [4.69, 9.17) is 0 Å². The summed E-state index contributed by atoms with van der Waals surface area (Å²) in [5, 5.41) is 23.1. The number of nitro groups is 1. The fourth-order valence-corrected chi connectivity index (χ4v) is 1.64. The Bertz CT molecular complexity index is 515. The van der Waals surface area contributed by atoms with Gasteiger partial charge in [-0.2, -0.15) is 4.39 Å². The highest BCUT2D eigenvalue weighted by molar-refractivity contribution is 5.94. The summed E-state index contributed by atoms with van der Waals surface area (Å²) in [5.41, 5.74) is -1.78. The van der Waals surface area contributed by atoms with Gasteiger partial charge in [-0.3, -0.25) is 14.9 Å². The third kappa shape index (κ3) is 3.74. The zero-order chi connectivity index (χ0) is 15.3. The van der Waals surface area contributed by atoms with Crippen LogP contribution in [0.3, 0.4) is 0 Å². The Kier molecular flexibility index (Phi) is 5.15. The molecule has 1 amide bonds. The molecule has 0 spiro atoms. The molecule has 0 bridgehead atoms. The first-order valence-electron chi connectivity index (χ1n) is 6.27. The molecule has 0 aliphatic carbocycles. The smallest absolute Gasteiger partial charge is 0.305 e. The van der Waals surface area contributed by atoms with Gasteiger partial charge in [-0.05, 0) is 25.0 Å². The van der Waals surface area contributed by atoms with Crippen LogP contribution < -0.4 is 5.32 Å². The molecular weight excluding hydrogens is 267 g/mol. The highest BCUT2D eigenvalue weighted by atomic mass is 19.1. The molecule has 0 aliphatic rings. The Morgan fingerprint density at radius 1 is 1.45 bits per heavy atom. The van der Waals surface area contributed by atoms with Crippen molar-refractivity contribution < 1.29 is 19.2 Å². The molecule has 0 atom stereocenters. The number of benzene rings is 1. The predicted molar refractivity (Wildman–Crippen MR) is 70.9 cm³/mol. The Hall–Kier alpha value is -2.02. The van der Waals surface area contributed by atoms with E-state index < -0.39 is 27.9 Å². The highest BCUT2D eigenvalue weighted by Gasteiger charge is 2.24. The van der Waals surface area contributed by atoms with Crippen LogP contribution in [0.1, 0.15) is 37.0 Å². The maximum absolute atomic E-state index is 13.2. The molecule has 0 unspecified atom stereocenters. The molecule has 0 saturated carbocycles. The second kappa shape index (κ2) is 6.42. The topological polar surface area (TPSA) is 92.5 Å². The fourth-order valence-electron chi connectivity index (χ4n) is 1.64. The van der Waals surface area contributed by atoms with Crippen LogP contribution in [-0.4, -0.2) is 28.1 Å². The van der Waals surface area contributed by atoms with Crippen molar-refractivity contribution in [1.29, 1.82) is 0 Å². The third-order valence-electron chi connectivity index (χ3n) is 3.30. The number of hydrogen-bond donors (Lipinski definition) is 2. The second-order valence-corrected chi connectivity index (χ2v) is 4.54. The van der Waals surface area contributed by atoms with Crippen molar-refractivity contribution in [3.8, 4) is 0 Å². The molecule has 2 N–H and O–H groups in total. The van der Waals surface area contributed by atoms with Gasteiger partial charge in [0, 0.05) is 18.2 Å². The van der Waals surface area contributed by atoms with Gasteiger partial charge in [-0.25, -0.2) is 0 Å². The minimum atomic E-state index is -1.01. The number of halogens is 1. The van der Waals surface area contributed by atoms with Crippen LogP contribution in [-0.2, 0) is 0 Å². The Morgan fingerprint density at radius 2 is 2.05 bits per heavy atom. The highest BCUT2D eigenvalue weighted by Crippen LogP contribution is 2.19. The van der Waals surface area contributed by atoms with Crippen molar-refractivity contribution in [3.63, 3.8) is 0 Å². The quantitative estimate of drug-likeness (QED) is 0.617. The van der Waals surface area contributed by atoms with E-state index in [1.165, 1.54) is 0 Å². The van der Waals surface area contributed by atoms with Crippen LogP contribution in [0.4, 0.5) is 10.1 Å². The van der Waals surface area contributed by atoms with E-state index in [-0.39, 0.29) is 12.1 Å². The van der Waals surface area contributed by atoms with E-state index in [9.17, 15) is 24.4 Å². The van der Waals surface area contributed by atoms with E-state index in [0.29, 0.717) is 12.8 Å². The average Bonchev–Trinajstić information content (AvgIpc) is 2.44. The first-order chi connectivity index (χ1) is 9.33. The number of nitro benzene ring substituents is 1. The van der Waals surface area contributed by atoms with Crippen LogP contribution in [0.2, 0.25) is 0 Å². The molecule has 1 aromatic rings. The molecule has 110 valence electrons. The number of carbonyl (C=O) groups is 1. The molecule has 0 aliphatic heterocycles. The SMILES string of the molecule is CCC(O)(CC)CNC(=O)c1ccc(F)c([N+](=O)[O-])c1. The molecule has 0 aromatic heterocycles. The number of amides is 1. The van der Waals surface area contributed by atoms with Gasteiger partial charge in [-0.1, -0.05) is 13.8 Å². The van der Waals surface area contributed by atoms with Gasteiger partial charge < -0.3 is 10.4 Å². The summed E-state index contributed by atoms with van der Waals surface area (Å²) in [6.07, 6.45) is 0.931. The predicted octanol–water partition coefficient (Wildman–Crippen LogP) is 2.01. The average molecular weight is 284 g/mol. The van der Waals surface area contributed by atoms with E-state index in [1.54, 1.807) is 13.8 Å². The monoisotopic (exact) mass is 284 g/mol. The van der Waals surface area contributed by atoms with Crippen molar-refractivity contribution in [2.45, 2.75) is 32.3 Å². The summed E-state index contributed by atoms with van der Waals surface area (Å²) < 4.78 is 13.2. The van der Waals surface area contributed by atoms with Gasteiger partial charge in [0.2, 0.25) is 5.82 Å². The summed E-state index contributed by atoms with van der Waals surface area (Å²) in [6, 6.07) is 2.91. The van der Waals surface area contributed by atoms with Crippen molar-refractivity contribution in [1.82, 2.24) is 5.32 Å². The Balaban J connectivity index is 2.83. The van der Waals surface area contributed by atoms with E-state index in [1.807, 2.05) is 0 Å². The van der Waals surface area contributed by atoms with Crippen LogP contribution >= 0.6 is 0 Å². The van der Waals surface area contributed by atoms with Gasteiger partial charge >= 0.3 is 5.69 Å². The van der Waals surface area contributed by atoms with Gasteiger partial charge in [0.1, 0.15) is 0 Å². The summed E-state index contributed by atoms with van der Waals surface area (Å²) in [5.74, 6) is -1.58. The largest absolute Gasteiger partial charge is 0.388 e. The van der Waals surface area contributed by atoms with E-state index in [0.717, 1.165) is 18.2 Å². The molecular formula is C13H17FN2O4. The summed E-state index contributed by atoms with van der Waals surface area (Å²) in [7, 11) is 0. The molecule has 1 aromatic carbocycles. The number of nitrogens with one attached hydrogen (secondary N) is 1. The zero-order valence-electron chi connectivity index (χ0n) is 11.4. The molecule has 0 fully saturated rings. The van der Waals surface area contributed by atoms with Crippen molar-refractivity contribution in [2.75, 3.05) is 6.54 Å². The van der Waals surface area contributed by atoms with Crippen molar-refractivity contribution in [2.24, 2.45) is 0 Å². The first kappa shape index (κ1) is 16.0. The lowest BCUT2D eigenvalue weighted by molar-refractivity contribution is -0.387. The molecule has 0 heterocycles. The molecule has 20 heavy (non-hydrogen) atoms. The normalized spacial score (nSPS) is 11.2. The Labute approximate surface area is 115 Å². The number of hydrogen-bond acceptors (Lipinski definition) is 4. The van der Waals surface area contributed by atoms with E-state index in [2.05, 4.69) is 5.32 Å². The lowest BCUT2D eigenvalue weighted by Gasteiger charge is -2.25. The van der Waals surface area contributed by atoms with Gasteiger partial charge in [0.25, 0.3) is 5.91 Å². The minimum Gasteiger partial charge on any atom is -0.388 e. The number of aliphatic hydroxyl groups is 1. The van der Waals surface area contributed by atoms with Gasteiger partial charge in [0.05, 0.1) is 10.5 Å². The number of carbonyl (C=O) groups excluding carboxylic acids is 1. The maximum atomic E-state index is 13.2. The number of rotatable bonds is 6. The maximum Gasteiger partial charge on any atom is 0.305 e. The van der Waals surface area contributed by atoms with Gasteiger partial charge in [-0.15, -0.1) is 0 Å².